The van der Waals surface area contributed by atoms with E-state index in [2.05, 4.69) is 0 Å². The molecule has 0 radical (unpaired) electrons. The Hall–Kier alpha value is -2.49. The molecule has 0 N–H and O–H groups in total. The first kappa shape index (κ1) is 17.3. The Morgan fingerprint density at radius 3 is 2.16 bits per heavy atom. The fourth-order valence-corrected chi connectivity index (χ4v) is 2.80. The summed E-state index contributed by atoms with van der Waals surface area (Å²) in [5.41, 5.74) is 0.898. The Kier molecular flexibility index (Phi) is 5.59. The summed E-state index contributed by atoms with van der Waals surface area (Å²) in [6, 6.07) is 21.6. The van der Waals surface area contributed by atoms with Crippen LogP contribution in [0.1, 0.15) is 15.9 Å². The molecule has 0 atom stereocenters. The van der Waals surface area contributed by atoms with Gasteiger partial charge in [0.15, 0.2) is 0 Å². The largest absolute Gasteiger partial charge is 0.457 e. The predicted octanol–water partition coefficient (Wildman–Crippen LogP) is 6.14. The monoisotopic (exact) mass is 372 g/mol. The second-order valence-corrected chi connectivity index (χ2v) is 6.01. The van der Waals surface area contributed by atoms with Gasteiger partial charge in [-0.05, 0) is 30.3 Å². The second-order valence-electron chi connectivity index (χ2n) is 5.20. The van der Waals surface area contributed by atoms with E-state index >= 15 is 0 Å². The molecule has 126 valence electrons. The Morgan fingerprint density at radius 2 is 1.44 bits per heavy atom. The van der Waals surface area contributed by atoms with Crippen LogP contribution < -0.4 is 4.74 Å². The Morgan fingerprint density at radius 1 is 0.800 bits per heavy atom. The molecule has 0 unspecified atom stereocenters. The van der Waals surface area contributed by atoms with Crippen LogP contribution in [-0.2, 0) is 11.3 Å². The molecule has 0 aliphatic heterocycles. The first-order valence-electron chi connectivity index (χ1n) is 7.57. The molecular formula is C20H14Cl2O3. The van der Waals surface area contributed by atoms with Gasteiger partial charge in [-0.25, -0.2) is 4.79 Å². The van der Waals surface area contributed by atoms with Crippen molar-refractivity contribution in [2.24, 2.45) is 0 Å². The number of halogens is 2. The number of carbonyl (C=O) groups excluding carboxylic acids is 1. The molecule has 0 saturated heterocycles. The number of ether oxygens (including phenoxy) is 2. The van der Waals surface area contributed by atoms with Gasteiger partial charge in [-0.2, -0.15) is 0 Å². The van der Waals surface area contributed by atoms with Crippen LogP contribution in [0.2, 0.25) is 10.0 Å². The van der Waals surface area contributed by atoms with Crippen molar-refractivity contribution in [3.63, 3.8) is 0 Å². The van der Waals surface area contributed by atoms with Crippen molar-refractivity contribution in [1.29, 1.82) is 0 Å². The van der Waals surface area contributed by atoms with Crippen LogP contribution >= 0.6 is 23.2 Å². The molecule has 0 bridgehead atoms. The molecular weight excluding hydrogens is 359 g/mol. The number of rotatable bonds is 5. The summed E-state index contributed by atoms with van der Waals surface area (Å²) in [5, 5.41) is 0.512. The van der Waals surface area contributed by atoms with Crippen molar-refractivity contribution in [1.82, 2.24) is 0 Å². The Bertz CT molecular complexity index is 859. The third-order valence-electron chi connectivity index (χ3n) is 3.47. The SMILES string of the molecule is O=C(OCc1ccccc1Oc1ccccc1)c1c(Cl)cccc1Cl. The number of hydrogen-bond acceptors (Lipinski definition) is 3. The molecule has 0 saturated carbocycles. The molecule has 0 heterocycles. The zero-order chi connectivity index (χ0) is 17.6. The highest BCUT2D eigenvalue weighted by atomic mass is 35.5. The first-order valence-corrected chi connectivity index (χ1v) is 8.32. The fourth-order valence-electron chi connectivity index (χ4n) is 2.25. The van der Waals surface area contributed by atoms with Crippen molar-refractivity contribution in [2.75, 3.05) is 0 Å². The summed E-state index contributed by atoms with van der Waals surface area (Å²) in [6.45, 7) is 0.0450. The van der Waals surface area contributed by atoms with Crippen molar-refractivity contribution < 1.29 is 14.3 Å². The van der Waals surface area contributed by atoms with E-state index in [4.69, 9.17) is 32.7 Å². The maximum absolute atomic E-state index is 12.3. The number of esters is 1. The van der Waals surface area contributed by atoms with E-state index in [1.807, 2.05) is 54.6 Å². The number of para-hydroxylation sites is 2. The van der Waals surface area contributed by atoms with E-state index in [-0.39, 0.29) is 22.2 Å². The summed E-state index contributed by atoms with van der Waals surface area (Å²) in [6.07, 6.45) is 0. The van der Waals surface area contributed by atoms with E-state index in [9.17, 15) is 4.79 Å². The normalized spacial score (nSPS) is 10.3. The van der Waals surface area contributed by atoms with Crippen LogP contribution in [0.4, 0.5) is 0 Å². The summed E-state index contributed by atoms with van der Waals surface area (Å²) < 4.78 is 11.2. The highest BCUT2D eigenvalue weighted by Gasteiger charge is 2.17. The predicted molar refractivity (Wildman–Crippen MR) is 98.5 cm³/mol. The minimum atomic E-state index is -0.579. The van der Waals surface area contributed by atoms with Crippen LogP contribution in [0.3, 0.4) is 0 Å². The van der Waals surface area contributed by atoms with Gasteiger partial charge in [-0.1, -0.05) is 65.7 Å². The van der Waals surface area contributed by atoms with Gasteiger partial charge < -0.3 is 9.47 Å². The maximum atomic E-state index is 12.3. The van der Waals surface area contributed by atoms with Crippen LogP contribution in [0.15, 0.2) is 72.8 Å². The molecule has 3 rings (SSSR count). The minimum Gasteiger partial charge on any atom is -0.457 e. The van der Waals surface area contributed by atoms with Gasteiger partial charge in [0, 0.05) is 5.56 Å². The smallest absolute Gasteiger partial charge is 0.341 e. The zero-order valence-electron chi connectivity index (χ0n) is 13.1. The van der Waals surface area contributed by atoms with Crippen molar-refractivity contribution in [3.8, 4) is 11.5 Å². The molecule has 0 spiro atoms. The lowest BCUT2D eigenvalue weighted by molar-refractivity contribution is 0.0471. The molecule has 3 nitrogen and oxygen atoms in total. The standard InChI is InChI=1S/C20H14Cl2O3/c21-16-10-6-11-17(22)19(16)20(23)24-13-14-7-4-5-12-18(14)25-15-8-2-1-3-9-15/h1-12H,13H2. The van der Waals surface area contributed by atoms with Crippen molar-refractivity contribution in [3.05, 3.63) is 94.0 Å². The number of hydrogen-bond donors (Lipinski definition) is 0. The summed E-state index contributed by atoms with van der Waals surface area (Å²) in [4.78, 5) is 12.3. The molecule has 3 aromatic rings. The van der Waals surface area contributed by atoms with Crippen LogP contribution in [0.5, 0.6) is 11.5 Å². The van der Waals surface area contributed by atoms with Gasteiger partial charge in [-0.3, -0.25) is 0 Å². The van der Waals surface area contributed by atoms with Crippen LogP contribution in [0.25, 0.3) is 0 Å². The van der Waals surface area contributed by atoms with Crippen molar-refractivity contribution >= 4 is 29.2 Å². The Labute approximate surface area is 155 Å². The molecule has 0 amide bonds. The Balaban J connectivity index is 1.74. The third-order valence-corrected chi connectivity index (χ3v) is 4.10. The maximum Gasteiger partial charge on any atom is 0.341 e. The van der Waals surface area contributed by atoms with Crippen molar-refractivity contribution in [2.45, 2.75) is 6.61 Å². The zero-order valence-corrected chi connectivity index (χ0v) is 14.6. The quantitative estimate of drug-likeness (QED) is 0.504. The van der Waals surface area contributed by atoms with E-state index in [1.54, 1.807) is 18.2 Å². The molecule has 5 heteroatoms. The third kappa shape index (κ3) is 4.32. The van der Waals surface area contributed by atoms with Gasteiger partial charge in [0.05, 0.1) is 15.6 Å². The minimum absolute atomic E-state index is 0.0450. The number of carbonyl (C=O) groups is 1. The van der Waals surface area contributed by atoms with Gasteiger partial charge >= 0.3 is 5.97 Å². The molecule has 25 heavy (non-hydrogen) atoms. The van der Waals surface area contributed by atoms with Gasteiger partial charge in [0.2, 0.25) is 0 Å². The topological polar surface area (TPSA) is 35.5 Å². The molecule has 0 fully saturated rings. The average Bonchev–Trinajstić information content (AvgIpc) is 2.62. The number of benzene rings is 3. The van der Waals surface area contributed by atoms with E-state index in [0.29, 0.717) is 11.5 Å². The lowest BCUT2D eigenvalue weighted by Crippen LogP contribution is -2.07. The first-order chi connectivity index (χ1) is 12.1. The highest BCUT2D eigenvalue weighted by molar-refractivity contribution is 6.39. The molecule has 3 aromatic carbocycles. The fraction of sp³-hybridized carbons (Fsp3) is 0.0500. The van der Waals surface area contributed by atoms with Gasteiger partial charge in [0.1, 0.15) is 18.1 Å². The molecule has 0 aliphatic rings. The van der Waals surface area contributed by atoms with E-state index in [0.717, 1.165) is 5.56 Å². The summed E-state index contributed by atoms with van der Waals surface area (Å²) >= 11 is 12.1. The molecule has 0 aromatic heterocycles. The van der Waals surface area contributed by atoms with E-state index < -0.39 is 5.97 Å². The van der Waals surface area contributed by atoms with Crippen LogP contribution in [0, 0.1) is 0 Å². The van der Waals surface area contributed by atoms with Gasteiger partial charge in [-0.15, -0.1) is 0 Å². The van der Waals surface area contributed by atoms with E-state index in [1.165, 1.54) is 0 Å². The summed E-state index contributed by atoms with van der Waals surface area (Å²) in [5.74, 6) is 0.743. The molecule has 0 aliphatic carbocycles. The van der Waals surface area contributed by atoms with Crippen LogP contribution in [-0.4, -0.2) is 5.97 Å². The lowest BCUT2D eigenvalue weighted by Gasteiger charge is -2.12. The lowest BCUT2D eigenvalue weighted by atomic mass is 10.2. The highest BCUT2D eigenvalue weighted by Crippen LogP contribution is 2.28. The second kappa shape index (κ2) is 8.06. The summed E-state index contributed by atoms with van der Waals surface area (Å²) in [7, 11) is 0. The average molecular weight is 373 g/mol. The van der Waals surface area contributed by atoms with Gasteiger partial charge in [0.25, 0.3) is 0 Å².